The maximum Gasteiger partial charge on any atom is 0.144 e. The second kappa shape index (κ2) is 14.8. The Morgan fingerprint density at radius 1 is 0.338 bits per heavy atom. The first-order valence-electron chi connectivity index (χ1n) is 24.7. The molecule has 2 aliphatic rings. The van der Waals surface area contributed by atoms with Gasteiger partial charge in [0.05, 0.1) is 5.41 Å². The smallest absolute Gasteiger partial charge is 0.144 e. The zero-order valence-corrected chi connectivity index (χ0v) is 39.3. The molecule has 13 aromatic rings. The minimum atomic E-state index is -0.555. The monoisotopic (exact) mass is 907 g/mol. The van der Waals surface area contributed by atoms with Gasteiger partial charge in [-0.2, -0.15) is 0 Å². The molecule has 11 aromatic carbocycles. The van der Waals surface area contributed by atoms with Gasteiger partial charge in [-0.05, 0) is 127 Å². The predicted octanol–water partition coefficient (Wildman–Crippen LogP) is 18.4. The first-order valence-corrected chi connectivity index (χ1v) is 24.7. The van der Waals surface area contributed by atoms with Crippen LogP contribution in [0.3, 0.4) is 0 Å². The molecular weight excluding hydrogens is 863 g/mol. The summed E-state index contributed by atoms with van der Waals surface area (Å²) in [4.78, 5) is 2.42. The van der Waals surface area contributed by atoms with E-state index < -0.39 is 5.41 Å². The van der Waals surface area contributed by atoms with Crippen LogP contribution >= 0.6 is 0 Å². The molecule has 0 spiro atoms. The molecule has 0 saturated heterocycles. The van der Waals surface area contributed by atoms with Crippen molar-refractivity contribution in [1.29, 1.82) is 0 Å². The Morgan fingerprint density at radius 3 is 1.75 bits per heavy atom. The predicted molar refractivity (Wildman–Crippen MR) is 293 cm³/mol. The lowest BCUT2D eigenvalue weighted by Gasteiger charge is -2.34. The minimum absolute atomic E-state index is 0.157. The Bertz CT molecular complexity index is 4290. The van der Waals surface area contributed by atoms with Crippen LogP contribution in [0.15, 0.2) is 245 Å². The highest BCUT2D eigenvalue weighted by Crippen LogP contribution is 2.60. The second-order valence-electron chi connectivity index (χ2n) is 19.9. The highest BCUT2D eigenvalue weighted by molar-refractivity contribution is 6.25. The third-order valence-electron chi connectivity index (χ3n) is 15.9. The molecule has 2 heterocycles. The zero-order valence-electron chi connectivity index (χ0n) is 39.3. The first-order chi connectivity index (χ1) is 35.0. The van der Waals surface area contributed by atoms with E-state index in [0.717, 1.165) is 72.1 Å². The molecule has 0 N–H and O–H groups in total. The van der Waals surface area contributed by atoms with Crippen LogP contribution in [0.2, 0.25) is 0 Å². The van der Waals surface area contributed by atoms with Crippen LogP contribution in [-0.2, 0) is 10.8 Å². The third-order valence-corrected chi connectivity index (χ3v) is 15.9. The van der Waals surface area contributed by atoms with Crippen molar-refractivity contribution in [3.63, 3.8) is 0 Å². The Labute approximate surface area is 411 Å². The van der Waals surface area contributed by atoms with Crippen molar-refractivity contribution in [3.8, 4) is 33.4 Å². The molecule has 3 heteroatoms. The largest absolute Gasteiger partial charge is 0.456 e. The summed E-state index contributed by atoms with van der Waals surface area (Å²) in [5.41, 5.74) is 20.7. The van der Waals surface area contributed by atoms with Gasteiger partial charge in [0.25, 0.3) is 0 Å². The summed E-state index contributed by atoms with van der Waals surface area (Å²) in [5.74, 6) is 0. The molecule has 15 rings (SSSR count). The van der Waals surface area contributed by atoms with Gasteiger partial charge >= 0.3 is 0 Å². The molecule has 2 aromatic heterocycles. The number of hydrogen-bond acceptors (Lipinski definition) is 3. The van der Waals surface area contributed by atoms with Gasteiger partial charge in [0.1, 0.15) is 22.3 Å². The van der Waals surface area contributed by atoms with Crippen LogP contribution in [0, 0.1) is 0 Å². The number of fused-ring (bicyclic) bond motifs is 13. The number of nitrogens with zero attached hydrogens (tertiary/aromatic N) is 1. The van der Waals surface area contributed by atoms with Crippen molar-refractivity contribution in [2.24, 2.45) is 0 Å². The van der Waals surface area contributed by atoms with Crippen LogP contribution in [0.5, 0.6) is 0 Å². The number of para-hydroxylation sites is 1. The van der Waals surface area contributed by atoms with E-state index in [-0.39, 0.29) is 5.41 Å². The van der Waals surface area contributed by atoms with Gasteiger partial charge in [0, 0.05) is 49.6 Å². The molecule has 0 saturated carbocycles. The maximum atomic E-state index is 7.30. The van der Waals surface area contributed by atoms with E-state index >= 15 is 0 Å². The average Bonchev–Trinajstić information content (AvgIpc) is 4.14. The van der Waals surface area contributed by atoms with E-state index in [9.17, 15) is 0 Å². The van der Waals surface area contributed by atoms with Gasteiger partial charge in [0.2, 0.25) is 0 Å². The van der Waals surface area contributed by atoms with Crippen molar-refractivity contribution >= 4 is 71.7 Å². The van der Waals surface area contributed by atoms with Gasteiger partial charge in [-0.15, -0.1) is 0 Å². The highest BCUT2D eigenvalue weighted by Gasteiger charge is 2.47. The summed E-state index contributed by atoms with van der Waals surface area (Å²) in [6, 6.07) is 86.6. The van der Waals surface area contributed by atoms with Gasteiger partial charge in [0.15, 0.2) is 0 Å². The first kappa shape index (κ1) is 40.0. The molecule has 0 radical (unpaired) electrons. The van der Waals surface area contributed by atoms with Crippen LogP contribution < -0.4 is 4.90 Å². The Balaban J connectivity index is 1.00. The van der Waals surface area contributed by atoms with Crippen LogP contribution in [0.25, 0.3) is 88.0 Å². The van der Waals surface area contributed by atoms with Crippen molar-refractivity contribution in [2.45, 2.75) is 24.7 Å². The van der Waals surface area contributed by atoms with E-state index in [1.165, 1.54) is 66.4 Å². The van der Waals surface area contributed by atoms with Gasteiger partial charge < -0.3 is 13.7 Å². The Kier molecular flexibility index (Phi) is 8.34. The minimum Gasteiger partial charge on any atom is -0.456 e. The number of anilines is 3. The fraction of sp³-hybridized carbons (Fsp3) is 0.0588. The van der Waals surface area contributed by atoms with E-state index in [1.54, 1.807) is 0 Å². The molecule has 71 heavy (non-hydrogen) atoms. The van der Waals surface area contributed by atoms with E-state index in [2.05, 4.69) is 255 Å². The van der Waals surface area contributed by atoms with Crippen LogP contribution in [0.4, 0.5) is 17.1 Å². The number of benzene rings is 11. The quantitative estimate of drug-likeness (QED) is 0.166. The number of hydrogen-bond donors (Lipinski definition) is 0. The summed E-state index contributed by atoms with van der Waals surface area (Å²) >= 11 is 0. The third kappa shape index (κ3) is 5.55. The van der Waals surface area contributed by atoms with Crippen LogP contribution in [-0.4, -0.2) is 0 Å². The molecule has 3 nitrogen and oxygen atoms in total. The van der Waals surface area contributed by atoms with Gasteiger partial charge in [-0.25, -0.2) is 0 Å². The fourth-order valence-corrected chi connectivity index (χ4v) is 12.8. The lowest BCUT2D eigenvalue weighted by Crippen LogP contribution is -2.28. The second-order valence-corrected chi connectivity index (χ2v) is 19.9. The molecular formula is C68H45NO2. The van der Waals surface area contributed by atoms with E-state index in [4.69, 9.17) is 8.83 Å². The molecule has 0 fully saturated rings. The van der Waals surface area contributed by atoms with Crippen molar-refractivity contribution in [2.75, 3.05) is 4.90 Å². The van der Waals surface area contributed by atoms with Crippen molar-refractivity contribution < 1.29 is 8.83 Å². The number of furan rings is 2. The summed E-state index contributed by atoms with van der Waals surface area (Å²) in [7, 11) is 0. The number of rotatable bonds is 6. The summed E-state index contributed by atoms with van der Waals surface area (Å²) in [6.45, 7) is 4.71. The molecule has 0 amide bonds. The SMILES string of the molecule is CC1(C)c2ccccc2-c2ccc(N(c3ccc4ccccc4c3)c3ccc4oc5c(-c6cccc7c6-c6ccccc6C7(c6ccccc6)c6ccccc6)c6c(cc5c4c3)oc3ccccc36)cc21. The zero-order chi connectivity index (χ0) is 47.0. The lowest BCUT2D eigenvalue weighted by molar-refractivity contribution is 0.660. The van der Waals surface area contributed by atoms with Crippen molar-refractivity contribution in [3.05, 3.63) is 270 Å². The van der Waals surface area contributed by atoms with E-state index in [1.807, 2.05) is 0 Å². The maximum absolute atomic E-state index is 7.30. The summed E-state index contributed by atoms with van der Waals surface area (Å²) in [5, 5.41) is 6.54. The molecule has 334 valence electrons. The fourth-order valence-electron chi connectivity index (χ4n) is 12.8. The topological polar surface area (TPSA) is 29.5 Å². The van der Waals surface area contributed by atoms with Gasteiger partial charge in [-0.1, -0.05) is 196 Å². The summed E-state index contributed by atoms with van der Waals surface area (Å²) in [6.07, 6.45) is 0. The average molecular weight is 908 g/mol. The molecule has 2 aliphatic carbocycles. The normalized spacial score (nSPS) is 14.0. The Morgan fingerprint density at radius 2 is 0.930 bits per heavy atom. The van der Waals surface area contributed by atoms with E-state index in [0.29, 0.717) is 0 Å². The van der Waals surface area contributed by atoms with Gasteiger partial charge in [-0.3, -0.25) is 0 Å². The summed E-state index contributed by atoms with van der Waals surface area (Å²) < 4.78 is 14.2. The Hall–Kier alpha value is -8.92. The highest BCUT2D eigenvalue weighted by atomic mass is 16.3. The molecule has 0 aliphatic heterocycles. The lowest BCUT2D eigenvalue weighted by atomic mass is 9.67. The van der Waals surface area contributed by atoms with Crippen LogP contribution in [0.1, 0.15) is 47.2 Å². The van der Waals surface area contributed by atoms with Crippen molar-refractivity contribution in [1.82, 2.24) is 0 Å². The molecule has 0 atom stereocenters. The molecule has 0 unspecified atom stereocenters. The standard InChI is InChI=1S/C68H45NO2/c1-67(2)56-28-14-11-24-49(56)50-36-34-48(40-59(50)67)69(46-33-32-42-18-9-10-19-43(42)38-46)47-35-37-61-54(39-47)55-41-62-64(52-26-13-16-31-60(52)70-62)65(66(55)71-61)53-27-17-30-58-63(53)51-25-12-15-29-57(51)68(58,44-20-5-3-6-21-44)45-22-7-4-8-23-45/h3-41H,1-2H3. The molecule has 0 bridgehead atoms.